The Kier molecular flexibility index (Phi) is 6.07. The van der Waals surface area contributed by atoms with Crippen LogP contribution in [0.5, 0.6) is 11.5 Å². The van der Waals surface area contributed by atoms with E-state index >= 15 is 0 Å². The second kappa shape index (κ2) is 8.26. The molecule has 2 rings (SSSR count). The number of methoxy groups -OCH3 is 1. The van der Waals surface area contributed by atoms with E-state index in [0.29, 0.717) is 28.0 Å². The van der Waals surface area contributed by atoms with Crippen LogP contribution >= 0.6 is 0 Å². The Morgan fingerprint density at radius 1 is 1.19 bits per heavy atom. The Balaban J connectivity index is 2.39. The number of allylic oxidation sites excluding steroid dienone is 1. The van der Waals surface area contributed by atoms with Gasteiger partial charge in [0.05, 0.1) is 7.11 Å². The molecule has 0 aromatic heterocycles. The lowest BCUT2D eigenvalue weighted by Crippen LogP contribution is -2.05. The van der Waals surface area contributed by atoms with Crippen LogP contribution in [0, 0.1) is 25.2 Å². The number of aryl methyl sites for hydroxylation is 2. The quantitative estimate of drug-likeness (QED) is 0.427. The molecule has 0 N–H and O–H groups in total. The Hall–Kier alpha value is -3.20. The predicted octanol–water partition coefficient (Wildman–Crippen LogP) is 4.70. The highest BCUT2D eigenvalue weighted by Gasteiger charge is 2.15. The third-order valence-electron chi connectivity index (χ3n) is 3.70. The van der Waals surface area contributed by atoms with Gasteiger partial charge < -0.3 is 9.47 Å². The van der Waals surface area contributed by atoms with Gasteiger partial charge in [-0.2, -0.15) is 14.0 Å². The number of nitriles is 1. The first-order chi connectivity index (χ1) is 12.3. The zero-order valence-corrected chi connectivity index (χ0v) is 14.5. The minimum absolute atomic E-state index is 0.0698. The van der Waals surface area contributed by atoms with Gasteiger partial charge in [0.15, 0.2) is 0 Å². The molecule has 0 saturated carbocycles. The van der Waals surface area contributed by atoms with Crippen molar-refractivity contribution in [1.29, 1.82) is 5.26 Å². The molecule has 2 aromatic carbocycles. The largest absolute Gasteiger partial charge is 0.497 e. The molecule has 0 saturated heterocycles. The van der Waals surface area contributed by atoms with E-state index in [1.165, 1.54) is 13.2 Å². The Bertz CT molecular complexity index is 875. The van der Waals surface area contributed by atoms with Crippen molar-refractivity contribution in [1.82, 2.24) is 0 Å². The average molecular weight is 357 g/mol. The van der Waals surface area contributed by atoms with Gasteiger partial charge in [0.2, 0.25) is 5.78 Å². The van der Waals surface area contributed by atoms with Crippen molar-refractivity contribution in [2.75, 3.05) is 7.11 Å². The number of nitrogens with zero attached hydrogens (tertiary/aromatic N) is 1. The number of Topliss-reactive ketones (excluding diaryl/α,β-unsaturated/α-hetero) is 1. The van der Waals surface area contributed by atoms with E-state index in [-0.39, 0.29) is 11.3 Å². The molecular formula is C20H17F2NO3. The summed E-state index contributed by atoms with van der Waals surface area (Å²) in [4.78, 5) is 12.6. The van der Waals surface area contributed by atoms with Gasteiger partial charge in [-0.25, -0.2) is 0 Å². The molecule has 0 aliphatic carbocycles. The molecular weight excluding hydrogens is 340 g/mol. The SMILES string of the molecule is COc1cccc(C(=O)/C(C#N)=C/c2cc(C)c(OC(F)F)c(C)c2)c1. The monoisotopic (exact) mass is 357 g/mol. The fourth-order valence-electron chi connectivity index (χ4n) is 2.58. The predicted molar refractivity (Wildman–Crippen MR) is 93.5 cm³/mol. The maximum absolute atomic E-state index is 12.6. The molecule has 0 amide bonds. The molecule has 0 unspecified atom stereocenters. The lowest BCUT2D eigenvalue weighted by molar-refractivity contribution is -0.0507. The zero-order chi connectivity index (χ0) is 19.3. The number of hydrogen-bond acceptors (Lipinski definition) is 4. The van der Waals surface area contributed by atoms with Crippen molar-refractivity contribution in [2.24, 2.45) is 0 Å². The number of carbonyl (C=O) groups is 1. The summed E-state index contributed by atoms with van der Waals surface area (Å²) in [5, 5.41) is 9.36. The number of carbonyl (C=O) groups excluding carboxylic acids is 1. The van der Waals surface area contributed by atoms with E-state index in [2.05, 4.69) is 4.74 Å². The molecule has 0 radical (unpaired) electrons. The van der Waals surface area contributed by atoms with Crippen LogP contribution in [-0.2, 0) is 0 Å². The third kappa shape index (κ3) is 4.45. The van der Waals surface area contributed by atoms with E-state index in [1.54, 1.807) is 50.2 Å². The van der Waals surface area contributed by atoms with Crippen LogP contribution in [0.25, 0.3) is 6.08 Å². The van der Waals surface area contributed by atoms with Crippen LogP contribution in [0.15, 0.2) is 42.0 Å². The maximum Gasteiger partial charge on any atom is 0.387 e. The normalized spacial score (nSPS) is 11.2. The second-order valence-corrected chi connectivity index (χ2v) is 5.59. The number of rotatable bonds is 6. The molecule has 0 aliphatic heterocycles. The molecule has 0 spiro atoms. The summed E-state index contributed by atoms with van der Waals surface area (Å²) >= 11 is 0. The van der Waals surface area contributed by atoms with E-state index in [9.17, 15) is 18.8 Å². The fourth-order valence-corrected chi connectivity index (χ4v) is 2.58. The van der Waals surface area contributed by atoms with Gasteiger partial charge >= 0.3 is 6.61 Å². The highest BCUT2D eigenvalue weighted by Crippen LogP contribution is 2.28. The lowest BCUT2D eigenvalue weighted by atomic mass is 9.99. The number of halogens is 2. The van der Waals surface area contributed by atoms with E-state index < -0.39 is 12.4 Å². The minimum Gasteiger partial charge on any atom is -0.497 e. The van der Waals surface area contributed by atoms with Crippen LogP contribution < -0.4 is 9.47 Å². The zero-order valence-electron chi connectivity index (χ0n) is 14.5. The first-order valence-corrected chi connectivity index (χ1v) is 7.72. The van der Waals surface area contributed by atoms with Crippen molar-refractivity contribution in [3.63, 3.8) is 0 Å². The highest BCUT2D eigenvalue weighted by molar-refractivity contribution is 6.14. The number of alkyl halides is 2. The molecule has 0 aliphatic rings. The summed E-state index contributed by atoms with van der Waals surface area (Å²) in [5.41, 5.74) is 1.78. The lowest BCUT2D eigenvalue weighted by Gasteiger charge is -2.12. The number of ether oxygens (including phenoxy) is 2. The van der Waals surface area contributed by atoms with Gasteiger partial charge in [0, 0.05) is 5.56 Å². The Morgan fingerprint density at radius 3 is 2.38 bits per heavy atom. The molecule has 26 heavy (non-hydrogen) atoms. The molecule has 0 atom stereocenters. The molecule has 6 heteroatoms. The minimum atomic E-state index is -2.92. The van der Waals surface area contributed by atoms with Crippen LogP contribution in [-0.4, -0.2) is 19.5 Å². The van der Waals surface area contributed by atoms with Crippen molar-refractivity contribution >= 4 is 11.9 Å². The summed E-state index contributed by atoms with van der Waals surface area (Å²) < 4.78 is 34.5. The molecule has 0 bridgehead atoms. The summed E-state index contributed by atoms with van der Waals surface area (Å²) in [6.07, 6.45) is 1.42. The summed E-state index contributed by atoms with van der Waals surface area (Å²) in [6.45, 7) is 0.328. The van der Waals surface area contributed by atoms with Gasteiger partial charge in [-0.1, -0.05) is 12.1 Å². The van der Waals surface area contributed by atoms with Crippen molar-refractivity contribution in [3.05, 3.63) is 64.2 Å². The van der Waals surface area contributed by atoms with E-state index in [0.717, 1.165) is 0 Å². The number of hydrogen-bond donors (Lipinski definition) is 0. The van der Waals surface area contributed by atoms with Crippen LogP contribution in [0.2, 0.25) is 0 Å². The summed E-state index contributed by atoms with van der Waals surface area (Å²) in [5.74, 6) is 0.151. The van der Waals surface area contributed by atoms with Crippen molar-refractivity contribution in [3.8, 4) is 17.6 Å². The number of benzene rings is 2. The highest BCUT2D eigenvalue weighted by atomic mass is 19.3. The van der Waals surface area contributed by atoms with Crippen LogP contribution in [0.4, 0.5) is 8.78 Å². The maximum atomic E-state index is 12.6. The topological polar surface area (TPSA) is 59.3 Å². The summed E-state index contributed by atoms with van der Waals surface area (Å²) in [7, 11) is 1.49. The van der Waals surface area contributed by atoms with Gasteiger partial charge in [-0.05, 0) is 60.9 Å². The molecule has 0 heterocycles. The smallest absolute Gasteiger partial charge is 0.387 e. The average Bonchev–Trinajstić information content (AvgIpc) is 2.62. The van der Waals surface area contributed by atoms with Gasteiger partial charge in [-0.15, -0.1) is 0 Å². The van der Waals surface area contributed by atoms with Gasteiger partial charge in [0.25, 0.3) is 0 Å². The van der Waals surface area contributed by atoms with Gasteiger partial charge in [0.1, 0.15) is 23.1 Å². The van der Waals surface area contributed by atoms with E-state index in [1.807, 2.05) is 6.07 Å². The first kappa shape index (κ1) is 19.1. The second-order valence-electron chi connectivity index (χ2n) is 5.59. The van der Waals surface area contributed by atoms with Crippen molar-refractivity contribution < 1.29 is 23.0 Å². The first-order valence-electron chi connectivity index (χ1n) is 7.72. The molecule has 2 aromatic rings. The fraction of sp³-hybridized carbons (Fsp3) is 0.200. The van der Waals surface area contributed by atoms with Gasteiger partial charge in [-0.3, -0.25) is 4.79 Å². The van der Waals surface area contributed by atoms with Crippen molar-refractivity contribution in [2.45, 2.75) is 20.5 Å². The Labute approximate surface area is 150 Å². The molecule has 0 fully saturated rings. The molecule has 4 nitrogen and oxygen atoms in total. The number of ketones is 1. The summed E-state index contributed by atoms with van der Waals surface area (Å²) in [6, 6.07) is 11.5. The standard InChI is InChI=1S/C20H17F2NO3/c1-12-7-14(8-13(2)19(12)26-20(21)22)9-16(11-23)18(24)15-5-4-6-17(10-15)25-3/h4-10,20H,1-3H3/b16-9+. The van der Waals surface area contributed by atoms with Crippen LogP contribution in [0.1, 0.15) is 27.0 Å². The third-order valence-corrected chi connectivity index (χ3v) is 3.70. The van der Waals surface area contributed by atoms with Crippen LogP contribution in [0.3, 0.4) is 0 Å². The molecule has 134 valence electrons. The van der Waals surface area contributed by atoms with E-state index in [4.69, 9.17) is 4.74 Å². The Morgan fingerprint density at radius 2 is 1.85 bits per heavy atom.